The molecule has 0 aliphatic carbocycles. The summed E-state index contributed by atoms with van der Waals surface area (Å²) in [7, 11) is 1.16. The number of carbonyl (C=O) groups is 1. The minimum atomic E-state index is -2.77. The molecule has 0 spiro atoms. The molecule has 0 unspecified atom stereocenters. The number of ether oxygens (including phenoxy) is 1. The Morgan fingerprint density at radius 3 is 2.75 bits per heavy atom. The van der Waals surface area contributed by atoms with Crippen LogP contribution in [-0.2, 0) is 10.6 Å². The highest BCUT2D eigenvalue weighted by molar-refractivity contribution is 14.1. The Bertz CT molecular complexity index is 415. The molecule has 0 N–H and O–H groups in total. The lowest BCUT2D eigenvalue weighted by molar-refractivity contribution is 0.0591. The van der Waals surface area contributed by atoms with E-state index in [4.69, 9.17) is 11.6 Å². The summed E-state index contributed by atoms with van der Waals surface area (Å²) in [5.41, 5.74) is -0.378. The van der Waals surface area contributed by atoms with Gasteiger partial charge in [-0.15, -0.1) is 11.6 Å². The van der Waals surface area contributed by atoms with Gasteiger partial charge >= 0.3 is 5.97 Å². The van der Waals surface area contributed by atoms with Crippen molar-refractivity contribution in [1.82, 2.24) is 4.98 Å². The van der Waals surface area contributed by atoms with E-state index in [0.717, 1.165) is 7.11 Å². The van der Waals surface area contributed by atoms with Crippen LogP contribution >= 0.6 is 34.2 Å². The van der Waals surface area contributed by atoms with Crippen molar-refractivity contribution in [2.45, 2.75) is 12.3 Å². The van der Waals surface area contributed by atoms with E-state index in [1.807, 2.05) is 22.6 Å². The molecule has 0 aliphatic heterocycles. The Kier molecular flexibility index (Phi) is 4.85. The number of carbonyl (C=O) groups excluding carboxylic acids is 1. The van der Waals surface area contributed by atoms with Crippen molar-refractivity contribution >= 4 is 40.2 Å². The molecule has 1 rings (SSSR count). The van der Waals surface area contributed by atoms with Crippen molar-refractivity contribution < 1.29 is 18.3 Å². The number of methoxy groups -OCH3 is 1. The molecule has 0 bridgehead atoms. The lowest BCUT2D eigenvalue weighted by Gasteiger charge is -2.09. The van der Waals surface area contributed by atoms with Gasteiger partial charge in [0.25, 0.3) is 6.43 Å². The van der Waals surface area contributed by atoms with Gasteiger partial charge in [0.2, 0.25) is 0 Å². The Morgan fingerprint density at radius 1 is 1.69 bits per heavy atom. The van der Waals surface area contributed by atoms with Crippen LogP contribution in [0.1, 0.15) is 28.2 Å². The van der Waals surface area contributed by atoms with Crippen LogP contribution in [-0.4, -0.2) is 18.1 Å². The summed E-state index contributed by atoms with van der Waals surface area (Å²) in [6.45, 7) is 0. The minimum absolute atomic E-state index is 0.0792. The fraction of sp³-hybridized carbons (Fsp3) is 0.333. The van der Waals surface area contributed by atoms with Crippen LogP contribution in [0.3, 0.4) is 0 Å². The maximum Gasteiger partial charge on any atom is 0.357 e. The van der Waals surface area contributed by atoms with E-state index in [-0.39, 0.29) is 17.1 Å². The highest BCUT2D eigenvalue weighted by Gasteiger charge is 2.21. The molecule has 0 amide bonds. The molecule has 16 heavy (non-hydrogen) atoms. The molecule has 0 saturated heterocycles. The lowest BCUT2D eigenvalue weighted by Crippen LogP contribution is -2.11. The molecule has 0 fully saturated rings. The van der Waals surface area contributed by atoms with Crippen LogP contribution in [0.2, 0.25) is 0 Å². The highest BCUT2D eigenvalue weighted by Crippen LogP contribution is 2.25. The third-order valence-corrected chi connectivity index (χ3v) is 2.93. The zero-order chi connectivity index (χ0) is 12.3. The molecule has 0 atom stereocenters. The number of nitrogens with zero attached hydrogens (tertiary/aromatic N) is 1. The van der Waals surface area contributed by atoms with Gasteiger partial charge in [0.1, 0.15) is 5.69 Å². The number of hydrogen-bond donors (Lipinski definition) is 0. The summed E-state index contributed by atoms with van der Waals surface area (Å²) in [6.07, 6.45) is -2.77. The average molecular weight is 362 g/mol. The Morgan fingerprint density at radius 2 is 2.31 bits per heavy atom. The molecule has 1 aromatic rings. The SMILES string of the molecule is COC(=O)c1nc(C(F)F)c(CCl)cc1I. The number of aromatic nitrogens is 1. The maximum atomic E-state index is 12.6. The van der Waals surface area contributed by atoms with Crippen LogP contribution in [0.25, 0.3) is 0 Å². The van der Waals surface area contributed by atoms with Gasteiger partial charge in [-0.3, -0.25) is 0 Å². The summed E-state index contributed by atoms with van der Waals surface area (Å²) in [5, 5.41) is 0. The predicted molar refractivity (Wildman–Crippen MR) is 62.8 cm³/mol. The first kappa shape index (κ1) is 13.6. The van der Waals surface area contributed by atoms with Crippen LogP contribution in [0.5, 0.6) is 0 Å². The van der Waals surface area contributed by atoms with Crippen molar-refractivity contribution in [3.8, 4) is 0 Å². The number of hydrogen-bond acceptors (Lipinski definition) is 3. The van der Waals surface area contributed by atoms with Gasteiger partial charge in [-0.25, -0.2) is 18.6 Å². The summed E-state index contributed by atoms with van der Waals surface area (Å²) in [6, 6.07) is 1.41. The zero-order valence-electron chi connectivity index (χ0n) is 8.14. The second kappa shape index (κ2) is 5.72. The number of alkyl halides is 3. The Balaban J connectivity index is 3.33. The van der Waals surface area contributed by atoms with E-state index >= 15 is 0 Å². The van der Waals surface area contributed by atoms with Crippen LogP contribution in [0.15, 0.2) is 6.07 Å². The van der Waals surface area contributed by atoms with Crippen molar-refractivity contribution in [3.05, 3.63) is 26.6 Å². The lowest BCUT2D eigenvalue weighted by atomic mass is 10.2. The van der Waals surface area contributed by atoms with Gasteiger partial charge in [0.05, 0.1) is 7.11 Å². The molecular formula is C9H7ClF2INO2. The van der Waals surface area contributed by atoms with Gasteiger partial charge in [-0.1, -0.05) is 0 Å². The standard InChI is InChI=1S/C9H7ClF2INO2/c1-16-9(15)7-5(13)2-4(3-10)6(14-7)8(11)12/h2,8H,3H2,1H3. The second-order valence-corrected chi connectivity index (χ2v) is 4.22. The largest absolute Gasteiger partial charge is 0.464 e. The fourth-order valence-corrected chi connectivity index (χ4v) is 2.01. The predicted octanol–water partition coefficient (Wildman–Crippen LogP) is 3.15. The zero-order valence-corrected chi connectivity index (χ0v) is 11.1. The number of halogens is 4. The van der Waals surface area contributed by atoms with Crippen LogP contribution in [0.4, 0.5) is 8.78 Å². The van der Waals surface area contributed by atoms with Crippen molar-refractivity contribution in [3.63, 3.8) is 0 Å². The molecule has 0 radical (unpaired) electrons. The summed E-state index contributed by atoms with van der Waals surface area (Å²) < 4.78 is 30.1. The van der Waals surface area contributed by atoms with Gasteiger partial charge < -0.3 is 4.74 Å². The second-order valence-electron chi connectivity index (χ2n) is 2.79. The maximum absolute atomic E-state index is 12.6. The van der Waals surface area contributed by atoms with E-state index < -0.39 is 18.1 Å². The molecule has 0 saturated carbocycles. The summed E-state index contributed by atoms with van der Waals surface area (Å²) in [5.74, 6) is -0.822. The van der Waals surface area contributed by atoms with Crippen LogP contribution < -0.4 is 0 Å². The van der Waals surface area contributed by atoms with Crippen molar-refractivity contribution in [2.24, 2.45) is 0 Å². The van der Waals surface area contributed by atoms with Gasteiger partial charge in [-0.2, -0.15) is 0 Å². The van der Waals surface area contributed by atoms with E-state index in [1.165, 1.54) is 6.07 Å². The summed E-state index contributed by atoms with van der Waals surface area (Å²) in [4.78, 5) is 14.8. The molecule has 0 aliphatic rings. The van der Waals surface area contributed by atoms with Crippen molar-refractivity contribution in [1.29, 1.82) is 0 Å². The third-order valence-electron chi connectivity index (χ3n) is 1.82. The quantitative estimate of drug-likeness (QED) is 0.472. The van der Waals surface area contributed by atoms with Gasteiger partial charge in [-0.05, 0) is 34.2 Å². The molecule has 1 aromatic heterocycles. The molecule has 88 valence electrons. The normalized spacial score (nSPS) is 10.6. The first-order chi connectivity index (χ1) is 7.51. The van der Waals surface area contributed by atoms with E-state index in [2.05, 4.69) is 9.72 Å². The molecular weight excluding hydrogens is 354 g/mol. The average Bonchev–Trinajstić information content (AvgIpc) is 2.27. The first-order valence-electron chi connectivity index (χ1n) is 4.13. The topological polar surface area (TPSA) is 39.2 Å². The number of rotatable bonds is 3. The van der Waals surface area contributed by atoms with E-state index in [9.17, 15) is 13.6 Å². The smallest absolute Gasteiger partial charge is 0.357 e. The van der Waals surface area contributed by atoms with Crippen LogP contribution in [0, 0.1) is 3.57 Å². The highest BCUT2D eigenvalue weighted by atomic mass is 127. The molecule has 0 aromatic carbocycles. The monoisotopic (exact) mass is 361 g/mol. The number of pyridine rings is 1. The fourth-order valence-electron chi connectivity index (χ4n) is 1.08. The molecule has 1 heterocycles. The molecule has 3 nitrogen and oxygen atoms in total. The Hall–Kier alpha value is -0.500. The van der Waals surface area contributed by atoms with Gasteiger partial charge in [0, 0.05) is 9.45 Å². The van der Waals surface area contributed by atoms with Gasteiger partial charge in [0.15, 0.2) is 5.69 Å². The van der Waals surface area contributed by atoms with Crippen molar-refractivity contribution in [2.75, 3.05) is 7.11 Å². The third kappa shape index (κ3) is 2.79. The molecule has 7 heteroatoms. The van der Waals surface area contributed by atoms with E-state index in [0.29, 0.717) is 3.57 Å². The first-order valence-corrected chi connectivity index (χ1v) is 5.74. The summed E-state index contributed by atoms with van der Waals surface area (Å²) >= 11 is 7.34. The minimum Gasteiger partial charge on any atom is -0.464 e. The van der Waals surface area contributed by atoms with E-state index in [1.54, 1.807) is 0 Å². The number of esters is 1. The Labute approximate surface area is 109 Å².